The second-order valence-corrected chi connectivity index (χ2v) is 5.76. The molecule has 21 heavy (non-hydrogen) atoms. The van der Waals surface area contributed by atoms with E-state index in [1.54, 1.807) is 0 Å². The molecule has 0 aromatic carbocycles. The maximum atomic E-state index is 11.4. The van der Waals surface area contributed by atoms with Crippen LogP contribution in [0.25, 0.3) is 0 Å². The van der Waals surface area contributed by atoms with Crippen molar-refractivity contribution < 1.29 is 14.6 Å². The molecule has 0 aliphatic carbocycles. The van der Waals surface area contributed by atoms with E-state index in [9.17, 15) is 9.90 Å². The summed E-state index contributed by atoms with van der Waals surface area (Å²) < 4.78 is 4.98. The lowest BCUT2D eigenvalue weighted by Crippen LogP contribution is -2.38. The minimum atomic E-state index is -1.20. The molecule has 1 unspecified atom stereocenters. The molecular weight excluding hydrogens is 268 g/mol. The highest BCUT2D eigenvalue weighted by Gasteiger charge is 2.17. The summed E-state index contributed by atoms with van der Waals surface area (Å²) in [7, 11) is 0. The minimum absolute atomic E-state index is 0.0386. The first kappa shape index (κ1) is 20.3. The Balaban J connectivity index is 3.26. The fraction of sp³-hybridized carbons (Fsp3) is 0.938. The molecule has 126 valence electrons. The molecule has 0 heterocycles. The third-order valence-corrected chi connectivity index (χ3v) is 3.51. The number of carbonyl (C=O) groups excluding carboxylic acids is 1. The Morgan fingerprint density at radius 2 is 1.43 bits per heavy atom. The molecule has 0 saturated carbocycles. The molecule has 0 radical (unpaired) electrons. The lowest BCUT2D eigenvalue weighted by atomic mass is 10.1. The molecule has 0 spiro atoms. The number of unbranched alkanes of at least 4 members (excludes halogenated alkanes) is 9. The highest BCUT2D eigenvalue weighted by atomic mass is 16.5. The summed E-state index contributed by atoms with van der Waals surface area (Å²) in [5.41, 5.74) is 10.6. The number of hydrogen-bond donors (Lipinski definition) is 3. The Kier molecular flexibility index (Phi) is 13.9. The van der Waals surface area contributed by atoms with Crippen molar-refractivity contribution in [2.24, 2.45) is 11.5 Å². The first-order valence-corrected chi connectivity index (χ1v) is 8.43. The van der Waals surface area contributed by atoms with Crippen molar-refractivity contribution in [3.05, 3.63) is 0 Å². The van der Waals surface area contributed by atoms with Gasteiger partial charge in [0, 0.05) is 6.42 Å². The first-order chi connectivity index (χ1) is 10.1. The fourth-order valence-corrected chi connectivity index (χ4v) is 2.21. The Morgan fingerprint density at radius 3 is 1.90 bits per heavy atom. The summed E-state index contributed by atoms with van der Waals surface area (Å²) in [5.74, 6) is -0.619. The summed E-state index contributed by atoms with van der Waals surface area (Å²) in [4.78, 5) is 11.4. The van der Waals surface area contributed by atoms with Crippen LogP contribution in [0.3, 0.4) is 0 Å². The van der Waals surface area contributed by atoms with Crippen LogP contribution in [-0.4, -0.2) is 30.0 Å². The molecule has 5 nitrogen and oxygen atoms in total. The van der Waals surface area contributed by atoms with Gasteiger partial charge in [-0.1, -0.05) is 64.7 Å². The van der Waals surface area contributed by atoms with Gasteiger partial charge in [0.2, 0.25) is 0 Å². The monoisotopic (exact) mass is 302 g/mol. The molecule has 5 N–H and O–H groups in total. The molecule has 1 atom stereocenters. The maximum Gasteiger partial charge on any atom is 0.335 e. The molecule has 0 fully saturated rings. The van der Waals surface area contributed by atoms with Gasteiger partial charge in [-0.05, 0) is 6.42 Å². The standard InChI is InChI=1S/C16H34N2O3/c1-2-3-4-5-6-7-8-9-10-11-12-21-16(20)14(19)13-15(17)18/h14-15,19H,2-13,17-18H2,1H3. The van der Waals surface area contributed by atoms with E-state index in [1.165, 1.54) is 51.4 Å². The third-order valence-electron chi connectivity index (χ3n) is 3.51. The Bertz CT molecular complexity index is 248. The first-order valence-electron chi connectivity index (χ1n) is 8.43. The van der Waals surface area contributed by atoms with E-state index in [-0.39, 0.29) is 6.42 Å². The van der Waals surface area contributed by atoms with Crippen molar-refractivity contribution >= 4 is 5.97 Å². The van der Waals surface area contributed by atoms with Crippen LogP contribution in [0.5, 0.6) is 0 Å². The highest BCUT2D eigenvalue weighted by Crippen LogP contribution is 2.10. The highest BCUT2D eigenvalue weighted by molar-refractivity contribution is 5.74. The van der Waals surface area contributed by atoms with Crippen LogP contribution >= 0.6 is 0 Å². The number of ether oxygens (including phenoxy) is 1. The smallest absolute Gasteiger partial charge is 0.335 e. The molecule has 0 aliphatic heterocycles. The van der Waals surface area contributed by atoms with Crippen LogP contribution in [0, 0.1) is 0 Å². The molecule has 0 aromatic rings. The van der Waals surface area contributed by atoms with Gasteiger partial charge in [0.1, 0.15) is 0 Å². The summed E-state index contributed by atoms with van der Waals surface area (Å²) in [6.07, 6.45) is 10.5. The molecule has 0 aromatic heterocycles. The summed E-state index contributed by atoms with van der Waals surface area (Å²) >= 11 is 0. The van der Waals surface area contributed by atoms with Crippen molar-refractivity contribution in [3.8, 4) is 0 Å². The second kappa shape index (κ2) is 14.3. The Hall–Kier alpha value is -0.650. The van der Waals surface area contributed by atoms with Crippen LogP contribution in [0.2, 0.25) is 0 Å². The Labute approximate surface area is 129 Å². The molecule has 0 amide bonds. The van der Waals surface area contributed by atoms with Gasteiger partial charge in [0.15, 0.2) is 6.10 Å². The van der Waals surface area contributed by atoms with E-state index in [2.05, 4.69) is 6.92 Å². The zero-order valence-corrected chi connectivity index (χ0v) is 13.6. The topological polar surface area (TPSA) is 98.6 Å². The van der Waals surface area contributed by atoms with Crippen molar-refractivity contribution in [1.29, 1.82) is 0 Å². The molecule has 0 saturated heterocycles. The van der Waals surface area contributed by atoms with Crippen LogP contribution in [0.15, 0.2) is 0 Å². The van der Waals surface area contributed by atoms with Gasteiger partial charge in [0.25, 0.3) is 0 Å². The van der Waals surface area contributed by atoms with Gasteiger partial charge in [-0.2, -0.15) is 0 Å². The van der Waals surface area contributed by atoms with E-state index >= 15 is 0 Å². The van der Waals surface area contributed by atoms with Crippen LogP contribution in [0.1, 0.15) is 77.6 Å². The van der Waals surface area contributed by atoms with Crippen molar-refractivity contribution in [2.75, 3.05) is 6.61 Å². The van der Waals surface area contributed by atoms with E-state index in [0.29, 0.717) is 6.61 Å². The molecular formula is C16H34N2O3. The summed E-state index contributed by atoms with van der Waals surface area (Å²) in [6.45, 7) is 2.60. The zero-order valence-electron chi connectivity index (χ0n) is 13.6. The largest absolute Gasteiger partial charge is 0.464 e. The predicted octanol–water partition coefficient (Wildman–Crippen LogP) is 2.44. The van der Waals surface area contributed by atoms with Crippen molar-refractivity contribution in [1.82, 2.24) is 0 Å². The third kappa shape index (κ3) is 14.1. The van der Waals surface area contributed by atoms with Gasteiger partial charge in [-0.15, -0.1) is 0 Å². The van der Waals surface area contributed by atoms with E-state index in [0.717, 1.165) is 12.8 Å². The average molecular weight is 302 g/mol. The lowest BCUT2D eigenvalue weighted by molar-refractivity contribution is -0.154. The van der Waals surface area contributed by atoms with Crippen LogP contribution in [0.4, 0.5) is 0 Å². The van der Waals surface area contributed by atoms with Crippen LogP contribution < -0.4 is 11.5 Å². The number of hydrogen-bond acceptors (Lipinski definition) is 5. The van der Waals surface area contributed by atoms with Crippen molar-refractivity contribution in [3.63, 3.8) is 0 Å². The van der Waals surface area contributed by atoms with Gasteiger partial charge in [0.05, 0.1) is 12.8 Å². The number of rotatable bonds is 14. The number of nitrogens with two attached hydrogens (primary N) is 2. The number of esters is 1. The fourth-order valence-electron chi connectivity index (χ4n) is 2.21. The second-order valence-electron chi connectivity index (χ2n) is 5.76. The molecule has 0 aliphatic rings. The zero-order chi connectivity index (χ0) is 15.9. The number of aliphatic hydroxyl groups excluding tert-OH is 1. The SMILES string of the molecule is CCCCCCCCCCCCOC(=O)C(O)CC(N)N. The maximum absolute atomic E-state index is 11.4. The minimum Gasteiger partial charge on any atom is -0.464 e. The van der Waals surface area contributed by atoms with Crippen LogP contribution in [-0.2, 0) is 9.53 Å². The van der Waals surface area contributed by atoms with Gasteiger partial charge >= 0.3 is 5.97 Å². The van der Waals surface area contributed by atoms with Crippen molar-refractivity contribution in [2.45, 2.75) is 89.8 Å². The summed E-state index contributed by atoms with van der Waals surface area (Å²) in [5, 5.41) is 9.41. The summed E-state index contributed by atoms with van der Waals surface area (Å²) in [6, 6.07) is 0. The predicted molar refractivity (Wildman–Crippen MR) is 85.6 cm³/mol. The van der Waals surface area contributed by atoms with Gasteiger partial charge in [-0.25, -0.2) is 4.79 Å². The van der Waals surface area contributed by atoms with E-state index < -0.39 is 18.2 Å². The number of aliphatic hydroxyl groups is 1. The quantitative estimate of drug-likeness (QED) is 0.260. The Morgan fingerprint density at radius 1 is 0.952 bits per heavy atom. The lowest BCUT2D eigenvalue weighted by Gasteiger charge is -2.12. The van der Waals surface area contributed by atoms with E-state index in [4.69, 9.17) is 16.2 Å². The molecule has 5 heteroatoms. The molecule has 0 rings (SSSR count). The van der Waals surface area contributed by atoms with Gasteiger partial charge in [-0.3, -0.25) is 0 Å². The average Bonchev–Trinajstić information content (AvgIpc) is 2.43. The van der Waals surface area contributed by atoms with Gasteiger partial charge < -0.3 is 21.3 Å². The normalized spacial score (nSPS) is 12.6. The molecule has 0 bridgehead atoms. The number of carbonyl (C=O) groups is 1. The van der Waals surface area contributed by atoms with E-state index in [1.807, 2.05) is 0 Å².